The van der Waals surface area contributed by atoms with Crippen LogP contribution in [0.2, 0.25) is 0 Å². The maximum absolute atomic E-state index is 13.6. The molecule has 2 aromatic rings. The second kappa shape index (κ2) is 7.23. The molecule has 1 atom stereocenters. The van der Waals surface area contributed by atoms with Crippen LogP contribution < -0.4 is 5.46 Å². The van der Waals surface area contributed by atoms with E-state index in [1.807, 2.05) is 12.3 Å². The van der Waals surface area contributed by atoms with E-state index in [0.717, 1.165) is 34.3 Å². The predicted octanol–water partition coefficient (Wildman–Crippen LogP) is 4.99. The number of allylic oxidation sites excluding steroid dienone is 1. The molecule has 2 aliphatic rings. The van der Waals surface area contributed by atoms with Gasteiger partial charge >= 0.3 is 7.12 Å². The Morgan fingerprint density at radius 3 is 2.21 bits per heavy atom. The topological polar surface area (TPSA) is 30.8 Å². The first kappa shape index (κ1) is 20.1. The Bertz CT molecular complexity index is 963. The van der Waals surface area contributed by atoms with Crippen LogP contribution in [0.25, 0.3) is 5.57 Å². The zero-order valence-corrected chi connectivity index (χ0v) is 17.7. The Hall–Kier alpha value is -2.24. The summed E-state index contributed by atoms with van der Waals surface area (Å²) < 4.78 is 25.8. The Labute approximate surface area is 172 Å². The number of hydrogen-bond acceptors (Lipinski definition) is 3. The maximum Gasteiger partial charge on any atom is 0.494 e. The molecule has 0 aromatic heterocycles. The molecule has 0 amide bonds. The highest BCUT2D eigenvalue weighted by Gasteiger charge is 2.51. The summed E-state index contributed by atoms with van der Waals surface area (Å²) in [6.07, 6.45) is 2.69. The highest BCUT2D eigenvalue weighted by Crippen LogP contribution is 2.36. The quantitative estimate of drug-likeness (QED) is 0.690. The van der Waals surface area contributed by atoms with Gasteiger partial charge in [0.15, 0.2) is 0 Å². The van der Waals surface area contributed by atoms with Crippen molar-refractivity contribution in [2.24, 2.45) is 10.9 Å². The second-order valence-electron chi connectivity index (χ2n) is 8.99. The van der Waals surface area contributed by atoms with Crippen molar-refractivity contribution < 1.29 is 13.7 Å². The number of rotatable bonds is 3. The van der Waals surface area contributed by atoms with E-state index in [-0.39, 0.29) is 30.1 Å². The number of nitrogens with zero attached hydrogens (tertiary/aromatic N) is 1. The molecule has 0 bridgehead atoms. The van der Waals surface area contributed by atoms with Gasteiger partial charge in [-0.15, -0.1) is 0 Å². The first-order valence-electron chi connectivity index (χ1n) is 10.1. The molecule has 1 unspecified atom stereocenters. The van der Waals surface area contributed by atoms with Gasteiger partial charge in [0.05, 0.1) is 11.2 Å². The third-order valence-corrected chi connectivity index (χ3v) is 6.32. The third kappa shape index (κ3) is 3.81. The molecule has 0 spiro atoms. The van der Waals surface area contributed by atoms with E-state index in [4.69, 9.17) is 9.31 Å². The van der Waals surface area contributed by atoms with Crippen molar-refractivity contribution in [2.75, 3.05) is 0 Å². The molecule has 1 saturated heterocycles. The van der Waals surface area contributed by atoms with Crippen LogP contribution in [0.5, 0.6) is 0 Å². The lowest BCUT2D eigenvalue weighted by atomic mass is 9.78. The summed E-state index contributed by atoms with van der Waals surface area (Å²) in [5.41, 5.74) is 4.41. The zero-order valence-electron chi connectivity index (χ0n) is 17.7. The number of halogens is 1. The van der Waals surface area contributed by atoms with E-state index >= 15 is 0 Å². The van der Waals surface area contributed by atoms with Gasteiger partial charge in [-0.05, 0) is 74.3 Å². The van der Waals surface area contributed by atoms with E-state index in [0.29, 0.717) is 0 Å². The average Bonchev–Trinajstić information content (AvgIpc) is 2.89. The fraction of sp³-hybridized carbons (Fsp3) is 0.375. The van der Waals surface area contributed by atoms with E-state index in [9.17, 15) is 4.39 Å². The fourth-order valence-corrected chi connectivity index (χ4v) is 3.76. The molecule has 4 rings (SSSR count). The molecule has 150 valence electrons. The molecular formula is C24H27BFNO2. The summed E-state index contributed by atoms with van der Waals surface area (Å²) in [5.74, 6) is 0.0516. The molecular weight excluding hydrogens is 364 g/mol. The van der Waals surface area contributed by atoms with Crippen LogP contribution in [0.15, 0.2) is 59.7 Å². The average molecular weight is 391 g/mol. The van der Waals surface area contributed by atoms with Crippen molar-refractivity contribution in [1.29, 1.82) is 0 Å². The van der Waals surface area contributed by atoms with Gasteiger partial charge < -0.3 is 9.31 Å². The molecule has 1 fully saturated rings. The van der Waals surface area contributed by atoms with Gasteiger partial charge in [-0.25, -0.2) is 4.39 Å². The zero-order chi connectivity index (χ0) is 20.8. The molecule has 3 nitrogen and oxygen atoms in total. The van der Waals surface area contributed by atoms with E-state index in [1.165, 1.54) is 6.07 Å². The highest BCUT2D eigenvalue weighted by atomic mass is 19.1. The Kier molecular flexibility index (Phi) is 5.00. The molecule has 0 N–H and O–H groups in total. The van der Waals surface area contributed by atoms with Gasteiger partial charge in [0.1, 0.15) is 5.82 Å². The maximum atomic E-state index is 13.6. The molecule has 0 saturated carbocycles. The van der Waals surface area contributed by atoms with E-state index < -0.39 is 0 Å². The van der Waals surface area contributed by atoms with Crippen molar-refractivity contribution in [1.82, 2.24) is 0 Å². The normalized spacial score (nSPS) is 23.0. The van der Waals surface area contributed by atoms with Crippen LogP contribution in [-0.2, 0) is 9.31 Å². The Balaban J connectivity index is 1.54. The summed E-state index contributed by atoms with van der Waals surface area (Å²) in [7, 11) is -0.360. The fourth-order valence-electron chi connectivity index (χ4n) is 3.76. The van der Waals surface area contributed by atoms with Gasteiger partial charge in [-0.3, -0.25) is 4.99 Å². The van der Waals surface area contributed by atoms with Crippen molar-refractivity contribution in [3.63, 3.8) is 0 Å². The van der Waals surface area contributed by atoms with Crippen LogP contribution in [0, 0.1) is 11.7 Å². The van der Waals surface area contributed by atoms with E-state index in [1.54, 1.807) is 12.1 Å². The summed E-state index contributed by atoms with van der Waals surface area (Å²) in [6, 6.07) is 15.0. The molecule has 0 aliphatic carbocycles. The molecule has 29 heavy (non-hydrogen) atoms. The van der Waals surface area contributed by atoms with Gasteiger partial charge in [-0.1, -0.05) is 43.3 Å². The summed E-state index contributed by atoms with van der Waals surface area (Å²) in [5, 5.41) is 0. The van der Waals surface area contributed by atoms with Crippen LogP contribution in [-0.4, -0.2) is 24.0 Å². The number of hydrogen-bond donors (Lipinski definition) is 0. The first-order valence-corrected chi connectivity index (χ1v) is 10.1. The number of benzene rings is 2. The standard InChI is InChI=1S/C24H27BFNO2/c1-16-13-22(27-15-21(16)18-7-6-8-20(26)14-18)17-9-11-19(12-10-17)25-28-23(2,3)24(4,5)29-25/h6-12,14-16H,13H2,1-5H3. The Morgan fingerprint density at radius 2 is 1.62 bits per heavy atom. The lowest BCUT2D eigenvalue weighted by Crippen LogP contribution is -2.41. The van der Waals surface area contributed by atoms with Crippen LogP contribution >= 0.6 is 0 Å². The lowest BCUT2D eigenvalue weighted by molar-refractivity contribution is 0.00578. The van der Waals surface area contributed by atoms with Gasteiger partial charge in [0.2, 0.25) is 0 Å². The molecule has 0 radical (unpaired) electrons. The van der Waals surface area contributed by atoms with Crippen molar-refractivity contribution >= 4 is 23.9 Å². The van der Waals surface area contributed by atoms with Crippen LogP contribution in [0.4, 0.5) is 4.39 Å². The summed E-state index contributed by atoms with van der Waals surface area (Å²) >= 11 is 0. The van der Waals surface area contributed by atoms with Gasteiger partial charge in [0.25, 0.3) is 0 Å². The largest absolute Gasteiger partial charge is 0.494 e. The van der Waals surface area contributed by atoms with Crippen LogP contribution in [0.1, 0.15) is 52.2 Å². The first-order chi connectivity index (χ1) is 13.7. The van der Waals surface area contributed by atoms with Gasteiger partial charge in [-0.2, -0.15) is 0 Å². The Morgan fingerprint density at radius 1 is 0.966 bits per heavy atom. The summed E-state index contributed by atoms with van der Waals surface area (Å²) in [4.78, 5) is 4.68. The molecule has 2 aliphatic heterocycles. The van der Waals surface area contributed by atoms with Crippen molar-refractivity contribution in [2.45, 2.75) is 52.2 Å². The minimum Gasteiger partial charge on any atom is -0.399 e. The minimum absolute atomic E-state index is 0.219. The minimum atomic E-state index is -0.360. The molecule has 5 heteroatoms. The molecule has 2 aromatic carbocycles. The monoisotopic (exact) mass is 391 g/mol. The van der Waals surface area contributed by atoms with Crippen molar-refractivity contribution in [3.8, 4) is 0 Å². The SMILES string of the molecule is CC1CC(c2ccc(B3OC(C)(C)C(C)(C)O3)cc2)=NC=C1c1cccc(F)c1. The molecule has 2 heterocycles. The third-order valence-electron chi connectivity index (χ3n) is 6.32. The summed E-state index contributed by atoms with van der Waals surface area (Å²) in [6.45, 7) is 10.4. The van der Waals surface area contributed by atoms with Gasteiger partial charge in [0, 0.05) is 11.9 Å². The van der Waals surface area contributed by atoms with E-state index in [2.05, 4.69) is 63.9 Å². The highest BCUT2D eigenvalue weighted by molar-refractivity contribution is 6.62. The smallest absolute Gasteiger partial charge is 0.399 e. The lowest BCUT2D eigenvalue weighted by Gasteiger charge is -2.32. The second-order valence-corrected chi connectivity index (χ2v) is 8.99. The number of aliphatic imine (C=N–C) groups is 1. The van der Waals surface area contributed by atoms with Crippen molar-refractivity contribution in [3.05, 3.63) is 71.7 Å². The predicted molar refractivity (Wildman–Crippen MR) is 117 cm³/mol. The van der Waals surface area contributed by atoms with Crippen LogP contribution in [0.3, 0.4) is 0 Å².